The van der Waals surface area contributed by atoms with Gasteiger partial charge in [0.05, 0.1) is 0 Å². The van der Waals surface area contributed by atoms with Gasteiger partial charge in [-0.05, 0) is 69.5 Å². The molecule has 0 spiro atoms. The van der Waals surface area contributed by atoms with Crippen molar-refractivity contribution in [3.05, 3.63) is 29.3 Å². The quantitative estimate of drug-likeness (QED) is 0.896. The third-order valence-corrected chi connectivity index (χ3v) is 6.58. The first kappa shape index (κ1) is 14.1. The van der Waals surface area contributed by atoms with Gasteiger partial charge < -0.3 is 10.2 Å². The second kappa shape index (κ2) is 5.94. The van der Waals surface area contributed by atoms with E-state index in [1.807, 2.05) is 11.8 Å². The van der Waals surface area contributed by atoms with Crippen molar-refractivity contribution in [2.24, 2.45) is 0 Å². The molecule has 3 heteroatoms. The number of rotatable bonds is 2. The van der Waals surface area contributed by atoms with Crippen LogP contribution in [-0.4, -0.2) is 35.8 Å². The minimum atomic E-state index is 0.583. The number of hydrogen-bond donors (Lipinski definition) is 1. The van der Waals surface area contributed by atoms with Gasteiger partial charge in [0.15, 0.2) is 0 Å². The number of nitrogens with one attached hydrogen (secondary N) is 1. The monoisotopic (exact) mass is 302 g/mol. The van der Waals surface area contributed by atoms with Crippen LogP contribution < -0.4 is 5.32 Å². The van der Waals surface area contributed by atoms with Crippen molar-refractivity contribution in [1.29, 1.82) is 0 Å². The molecule has 114 valence electrons. The molecule has 4 rings (SSSR count). The average molecular weight is 302 g/mol. The molecule has 3 atom stereocenters. The van der Waals surface area contributed by atoms with Gasteiger partial charge in [0.1, 0.15) is 0 Å². The molecule has 0 amide bonds. The van der Waals surface area contributed by atoms with Crippen LogP contribution in [0.2, 0.25) is 0 Å². The van der Waals surface area contributed by atoms with E-state index in [0.717, 1.165) is 12.1 Å². The molecule has 1 N–H and O–H groups in total. The molecule has 0 aromatic heterocycles. The van der Waals surface area contributed by atoms with Gasteiger partial charge in [-0.3, -0.25) is 0 Å². The van der Waals surface area contributed by atoms with Crippen LogP contribution in [-0.2, 0) is 0 Å². The predicted molar refractivity (Wildman–Crippen MR) is 90.0 cm³/mol. The average Bonchev–Trinajstić information content (AvgIpc) is 2.95. The molecule has 0 radical (unpaired) electrons. The normalized spacial score (nSPS) is 32.7. The summed E-state index contributed by atoms with van der Waals surface area (Å²) in [4.78, 5) is 4.22. The summed E-state index contributed by atoms with van der Waals surface area (Å²) in [6.45, 7) is 4.87. The maximum absolute atomic E-state index is 4.01. The highest BCUT2D eigenvalue weighted by Gasteiger charge is 2.33. The van der Waals surface area contributed by atoms with Crippen LogP contribution in [0.4, 0.5) is 0 Å². The first-order valence-corrected chi connectivity index (χ1v) is 9.51. The van der Waals surface area contributed by atoms with Crippen molar-refractivity contribution in [2.45, 2.75) is 62.0 Å². The first-order chi connectivity index (χ1) is 10.3. The molecule has 2 nitrogen and oxygen atoms in total. The Labute approximate surface area is 132 Å². The smallest absolute Gasteiger partial charge is 0.0341 e. The van der Waals surface area contributed by atoms with Crippen LogP contribution >= 0.6 is 11.8 Å². The number of nitrogens with zero attached hydrogens (tertiary/aromatic N) is 1. The van der Waals surface area contributed by atoms with Crippen LogP contribution in [0.3, 0.4) is 0 Å². The molecule has 3 heterocycles. The largest absolute Gasteiger partial charge is 0.307 e. The molecular weight excluding hydrogens is 276 g/mol. The van der Waals surface area contributed by atoms with Gasteiger partial charge in [-0.25, -0.2) is 0 Å². The minimum Gasteiger partial charge on any atom is -0.307 e. The van der Waals surface area contributed by atoms with Gasteiger partial charge in [0.2, 0.25) is 0 Å². The molecule has 0 saturated carbocycles. The second-order valence-corrected chi connectivity index (χ2v) is 8.09. The minimum absolute atomic E-state index is 0.583. The Morgan fingerprint density at radius 2 is 2.14 bits per heavy atom. The van der Waals surface area contributed by atoms with E-state index >= 15 is 0 Å². The summed E-state index contributed by atoms with van der Waals surface area (Å²) in [5, 5.41) is 4.01. The second-order valence-electron chi connectivity index (χ2n) is 6.95. The summed E-state index contributed by atoms with van der Waals surface area (Å²) in [5.41, 5.74) is 2.95. The summed E-state index contributed by atoms with van der Waals surface area (Å²) >= 11 is 2.03. The number of piperidine rings is 1. The highest BCUT2D eigenvalue weighted by Crippen LogP contribution is 2.38. The molecular formula is C18H26N2S. The Hall–Kier alpha value is -0.510. The van der Waals surface area contributed by atoms with E-state index in [1.165, 1.54) is 61.4 Å². The van der Waals surface area contributed by atoms with E-state index in [1.54, 1.807) is 5.56 Å². The van der Waals surface area contributed by atoms with Crippen molar-refractivity contribution in [1.82, 2.24) is 10.2 Å². The molecule has 3 aliphatic rings. The van der Waals surface area contributed by atoms with E-state index < -0.39 is 0 Å². The SMILES string of the molecule is Cc1ccc2c(c1)[C@H](N[C@H]1CCN3CCC[C@@H]3C1)CCS2. The molecule has 0 bridgehead atoms. The summed E-state index contributed by atoms with van der Waals surface area (Å²) in [7, 11) is 0. The lowest BCUT2D eigenvalue weighted by atomic mass is 9.94. The van der Waals surface area contributed by atoms with Crippen molar-refractivity contribution >= 4 is 11.8 Å². The van der Waals surface area contributed by atoms with Gasteiger partial charge in [0.25, 0.3) is 0 Å². The Morgan fingerprint density at radius 1 is 1.19 bits per heavy atom. The van der Waals surface area contributed by atoms with E-state index in [2.05, 4.69) is 35.3 Å². The van der Waals surface area contributed by atoms with E-state index in [-0.39, 0.29) is 0 Å². The zero-order chi connectivity index (χ0) is 14.2. The molecule has 2 saturated heterocycles. The van der Waals surface area contributed by atoms with Gasteiger partial charge in [-0.1, -0.05) is 17.7 Å². The maximum Gasteiger partial charge on any atom is 0.0341 e. The molecule has 1 aromatic rings. The lowest BCUT2D eigenvalue weighted by Gasteiger charge is -2.38. The number of hydrogen-bond acceptors (Lipinski definition) is 3. The topological polar surface area (TPSA) is 15.3 Å². The maximum atomic E-state index is 4.01. The zero-order valence-electron chi connectivity index (χ0n) is 13.0. The third kappa shape index (κ3) is 2.88. The Bertz CT molecular complexity index is 516. The lowest BCUT2D eigenvalue weighted by molar-refractivity contribution is 0.160. The van der Waals surface area contributed by atoms with Crippen molar-refractivity contribution in [3.63, 3.8) is 0 Å². The van der Waals surface area contributed by atoms with Crippen molar-refractivity contribution in [3.8, 4) is 0 Å². The molecule has 3 aliphatic heterocycles. The highest BCUT2D eigenvalue weighted by molar-refractivity contribution is 7.99. The number of thioether (sulfide) groups is 1. The van der Waals surface area contributed by atoms with Crippen molar-refractivity contribution < 1.29 is 0 Å². The fourth-order valence-corrected chi connectivity index (χ4v) is 5.45. The molecule has 1 aromatic carbocycles. The molecule has 0 unspecified atom stereocenters. The molecule has 2 fully saturated rings. The summed E-state index contributed by atoms with van der Waals surface area (Å²) in [6.07, 6.45) is 6.83. The van der Waals surface area contributed by atoms with Crippen LogP contribution in [0.25, 0.3) is 0 Å². The van der Waals surface area contributed by atoms with E-state index in [9.17, 15) is 0 Å². The lowest BCUT2D eigenvalue weighted by Crippen LogP contribution is -2.46. The zero-order valence-corrected chi connectivity index (χ0v) is 13.8. The van der Waals surface area contributed by atoms with E-state index in [0.29, 0.717) is 6.04 Å². The fourth-order valence-electron chi connectivity index (χ4n) is 4.35. The number of aryl methyl sites for hydroxylation is 1. The van der Waals surface area contributed by atoms with Crippen molar-refractivity contribution in [2.75, 3.05) is 18.8 Å². The van der Waals surface area contributed by atoms with Crippen LogP contribution in [0.5, 0.6) is 0 Å². The van der Waals surface area contributed by atoms with Gasteiger partial charge in [-0.2, -0.15) is 0 Å². The molecule has 21 heavy (non-hydrogen) atoms. The third-order valence-electron chi connectivity index (χ3n) is 5.46. The fraction of sp³-hybridized carbons (Fsp3) is 0.667. The van der Waals surface area contributed by atoms with Gasteiger partial charge in [-0.15, -0.1) is 11.8 Å². The van der Waals surface area contributed by atoms with Crippen LogP contribution in [0.15, 0.2) is 23.1 Å². The Balaban J connectivity index is 1.47. The summed E-state index contributed by atoms with van der Waals surface area (Å²) in [6, 6.07) is 9.16. The number of fused-ring (bicyclic) bond motifs is 2. The van der Waals surface area contributed by atoms with E-state index in [4.69, 9.17) is 0 Å². The standard InChI is InChI=1S/C18H26N2S/c1-13-4-5-18-16(11-13)17(7-10-21-18)19-14-6-9-20-8-2-3-15(20)12-14/h4-5,11,14-15,17,19H,2-3,6-10,12H2,1H3/t14-,15+,17+/m0/s1. The Morgan fingerprint density at radius 3 is 3.10 bits per heavy atom. The van der Waals surface area contributed by atoms with Gasteiger partial charge >= 0.3 is 0 Å². The predicted octanol–water partition coefficient (Wildman–Crippen LogP) is 3.75. The van der Waals surface area contributed by atoms with Crippen LogP contribution in [0, 0.1) is 6.92 Å². The highest BCUT2D eigenvalue weighted by atomic mass is 32.2. The van der Waals surface area contributed by atoms with Gasteiger partial charge in [0, 0.05) is 23.0 Å². The summed E-state index contributed by atoms with van der Waals surface area (Å²) in [5.74, 6) is 1.26. The first-order valence-electron chi connectivity index (χ1n) is 8.53. The number of benzene rings is 1. The van der Waals surface area contributed by atoms with Crippen LogP contribution in [0.1, 0.15) is 49.3 Å². The molecule has 0 aliphatic carbocycles. The summed E-state index contributed by atoms with van der Waals surface area (Å²) < 4.78 is 0. The Kier molecular flexibility index (Phi) is 3.99.